The molecule has 21 heavy (non-hydrogen) atoms. The highest BCUT2D eigenvalue weighted by Gasteiger charge is 2.26. The van der Waals surface area contributed by atoms with Crippen LogP contribution in [0.3, 0.4) is 0 Å². The van der Waals surface area contributed by atoms with Crippen LogP contribution in [0.5, 0.6) is 0 Å². The number of nitrogens with one attached hydrogen (secondary N) is 1. The molecule has 1 aliphatic carbocycles. The van der Waals surface area contributed by atoms with E-state index in [4.69, 9.17) is 4.98 Å². The number of anilines is 1. The van der Waals surface area contributed by atoms with Crippen molar-refractivity contribution in [1.82, 2.24) is 4.98 Å². The van der Waals surface area contributed by atoms with Crippen molar-refractivity contribution >= 4 is 16.6 Å². The number of rotatable bonds is 3. The Labute approximate surface area is 124 Å². The second-order valence-corrected chi connectivity index (χ2v) is 5.69. The van der Waals surface area contributed by atoms with Gasteiger partial charge in [0.15, 0.2) is 0 Å². The summed E-state index contributed by atoms with van der Waals surface area (Å²) in [4.78, 5) is 4.98. The molecule has 2 heteroatoms. The van der Waals surface area contributed by atoms with E-state index < -0.39 is 0 Å². The Hall–Kier alpha value is -2.35. The molecule has 2 nitrogen and oxygen atoms in total. The van der Waals surface area contributed by atoms with Gasteiger partial charge in [0.2, 0.25) is 0 Å². The summed E-state index contributed by atoms with van der Waals surface area (Å²) in [5.74, 6) is 0.658. The number of pyridine rings is 1. The average molecular weight is 274 g/mol. The molecule has 2 aromatic carbocycles. The SMILES string of the molecule is CNc1cc(C2CC2)nc2c(-c3ccccc3)cccc12. The predicted molar refractivity (Wildman–Crippen MR) is 88.7 cm³/mol. The van der Waals surface area contributed by atoms with E-state index in [1.54, 1.807) is 0 Å². The standard InChI is InChI=1S/C19H18N2/c1-20-18-12-17(14-10-11-14)21-19-15(8-5-9-16(18)19)13-6-3-2-4-7-13/h2-9,12,14H,10-11H2,1H3,(H,20,21). The molecule has 0 bridgehead atoms. The molecule has 4 rings (SSSR count). The fourth-order valence-corrected chi connectivity index (χ4v) is 2.91. The summed E-state index contributed by atoms with van der Waals surface area (Å²) in [5.41, 5.74) is 5.96. The number of nitrogens with zero attached hydrogens (tertiary/aromatic N) is 1. The molecule has 1 aromatic heterocycles. The molecule has 0 aliphatic heterocycles. The average Bonchev–Trinajstić information content (AvgIpc) is 3.39. The summed E-state index contributed by atoms with van der Waals surface area (Å²) >= 11 is 0. The minimum atomic E-state index is 0.658. The van der Waals surface area contributed by atoms with E-state index >= 15 is 0 Å². The summed E-state index contributed by atoms with van der Waals surface area (Å²) in [6.45, 7) is 0. The molecule has 0 spiro atoms. The topological polar surface area (TPSA) is 24.9 Å². The Kier molecular flexibility index (Phi) is 2.88. The van der Waals surface area contributed by atoms with Crippen LogP contribution in [0.4, 0.5) is 5.69 Å². The van der Waals surface area contributed by atoms with Crippen LogP contribution in [0, 0.1) is 0 Å². The molecule has 0 atom stereocenters. The Morgan fingerprint density at radius 3 is 2.52 bits per heavy atom. The van der Waals surface area contributed by atoms with E-state index in [1.165, 1.54) is 40.7 Å². The largest absolute Gasteiger partial charge is 0.388 e. The van der Waals surface area contributed by atoms with Gasteiger partial charge in [0.1, 0.15) is 0 Å². The van der Waals surface area contributed by atoms with Gasteiger partial charge in [-0.25, -0.2) is 0 Å². The van der Waals surface area contributed by atoms with E-state index in [-0.39, 0.29) is 0 Å². The summed E-state index contributed by atoms with van der Waals surface area (Å²) in [5, 5.41) is 4.53. The van der Waals surface area contributed by atoms with Crippen molar-refractivity contribution in [3.05, 3.63) is 60.3 Å². The molecule has 104 valence electrons. The Balaban J connectivity index is 2.01. The highest BCUT2D eigenvalue weighted by molar-refractivity contribution is 6.00. The first-order valence-corrected chi connectivity index (χ1v) is 7.53. The fourth-order valence-electron chi connectivity index (χ4n) is 2.91. The molecule has 1 aliphatic rings. The van der Waals surface area contributed by atoms with Gasteiger partial charge in [-0.1, -0.05) is 48.5 Å². The van der Waals surface area contributed by atoms with Crippen molar-refractivity contribution in [3.8, 4) is 11.1 Å². The van der Waals surface area contributed by atoms with Gasteiger partial charge in [0.05, 0.1) is 5.52 Å². The van der Waals surface area contributed by atoms with Gasteiger partial charge in [-0.3, -0.25) is 4.98 Å². The summed E-state index contributed by atoms with van der Waals surface area (Å²) in [6, 6.07) is 19.2. The van der Waals surface area contributed by atoms with Crippen molar-refractivity contribution in [2.24, 2.45) is 0 Å². The maximum atomic E-state index is 4.98. The van der Waals surface area contributed by atoms with Crippen LogP contribution in [0.25, 0.3) is 22.0 Å². The Bertz CT molecular complexity index is 789. The zero-order valence-electron chi connectivity index (χ0n) is 12.1. The van der Waals surface area contributed by atoms with Crippen molar-refractivity contribution in [1.29, 1.82) is 0 Å². The number of benzene rings is 2. The number of para-hydroxylation sites is 1. The van der Waals surface area contributed by atoms with Crippen LogP contribution in [-0.4, -0.2) is 12.0 Å². The normalized spacial score (nSPS) is 14.3. The molecule has 0 radical (unpaired) electrons. The van der Waals surface area contributed by atoms with Gasteiger partial charge < -0.3 is 5.32 Å². The molecule has 0 unspecified atom stereocenters. The molecular weight excluding hydrogens is 256 g/mol. The van der Waals surface area contributed by atoms with E-state index in [1.807, 2.05) is 7.05 Å². The van der Waals surface area contributed by atoms with Crippen LogP contribution in [0.1, 0.15) is 24.5 Å². The Morgan fingerprint density at radius 2 is 1.81 bits per heavy atom. The third-order valence-electron chi connectivity index (χ3n) is 4.21. The third kappa shape index (κ3) is 2.17. The van der Waals surface area contributed by atoms with Crippen LogP contribution in [0.15, 0.2) is 54.6 Å². The molecular formula is C19H18N2. The van der Waals surface area contributed by atoms with Crippen molar-refractivity contribution in [2.45, 2.75) is 18.8 Å². The van der Waals surface area contributed by atoms with Crippen LogP contribution in [-0.2, 0) is 0 Å². The van der Waals surface area contributed by atoms with E-state index in [2.05, 4.69) is 59.9 Å². The van der Waals surface area contributed by atoms with Crippen LogP contribution in [0.2, 0.25) is 0 Å². The quantitative estimate of drug-likeness (QED) is 0.740. The van der Waals surface area contributed by atoms with Gasteiger partial charge in [-0.05, 0) is 24.5 Å². The summed E-state index contributed by atoms with van der Waals surface area (Å²) < 4.78 is 0. The lowest BCUT2D eigenvalue weighted by molar-refractivity contribution is 1.04. The van der Waals surface area contributed by atoms with Gasteiger partial charge >= 0.3 is 0 Å². The van der Waals surface area contributed by atoms with Gasteiger partial charge in [-0.15, -0.1) is 0 Å². The van der Waals surface area contributed by atoms with E-state index in [9.17, 15) is 0 Å². The van der Waals surface area contributed by atoms with Crippen molar-refractivity contribution < 1.29 is 0 Å². The Morgan fingerprint density at radius 1 is 1.00 bits per heavy atom. The minimum Gasteiger partial charge on any atom is -0.388 e. The molecule has 3 aromatic rings. The molecule has 1 fully saturated rings. The fraction of sp³-hybridized carbons (Fsp3) is 0.211. The summed E-state index contributed by atoms with van der Waals surface area (Å²) in [6.07, 6.45) is 2.55. The number of fused-ring (bicyclic) bond motifs is 1. The van der Waals surface area contributed by atoms with Crippen molar-refractivity contribution in [3.63, 3.8) is 0 Å². The molecule has 1 heterocycles. The minimum absolute atomic E-state index is 0.658. The third-order valence-corrected chi connectivity index (χ3v) is 4.21. The lowest BCUT2D eigenvalue weighted by Gasteiger charge is -2.12. The molecule has 0 amide bonds. The number of aromatic nitrogens is 1. The van der Waals surface area contributed by atoms with Crippen LogP contribution >= 0.6 is 0 Å². The van der Waals surface area contributed by atoms with Crippen LogP contribution < -0.4 is 5.32 Å². The predicted octanol–water partition coefficient (Wildman–Crippen LogP) is 4.82. The van der Waals surface area contributed by atoms with Crippen molar-refractivity contribution in [2.75, 3.05) is 12.4 Å². The maximum absolute atomic E-state index is 4.98. The zero-order valence-corrected chi connectivity index (χ0v) is 12.1. The summed E-state index contributed by atoms with van der Waals surface area (Å²) in [7, 11) is 1.99. The molecule has 0 saturated heterocycles. The van der Waals surface area contributed by atoms with E-state index in [0.717, 1.165) is 5.52 Å². The second-order valence-electron chi connectivity index (χ2n) is 5.69. The first-order valence-electron chi connectivity index (χ1n) is 7.53. The lowest BCUT2D eigenvalue weighted by atomic mass is 10.0. The first kappa shape index (κ1) is 12.4. The smallest absolute Gasteiger partial charge is 0.0804 e. The number of hydrogen-bond donors (Lipinski definition) is 1. The second kappa shape index (κ2) is 4.88. The van der Waals surface area contributed by atoms with Gasteiger partial charge in [-0.2, -0.15) is 0 Å². The van der Waals surface area contributed by atoms with Gasteiger partial charge in [0, 0.05) is 35.3 Å². The number of hydrogen-bond acceptors (Lipinski definition) is 2. The highest BCUT2D eigenvalue weighted by Crippen LogP contribution is 2.42. The first-order chi connectivity index (χ1) is 10.4. The lowest BCUT2D eigenvalue weighted by Crippen LogP contribution is -1.97. The molecule has 1 saturated carbocycles. The zero-order chi connectivity index (χ0) is 14.2. The highest BCUT2D eigenvalue weighted by atomic mass is 14.8. The molecule has 1 N–H and O–H groups in total. The van der Waals surface area contributed by atoms with Gasteiger partial charge in [0.25, 0.3) is 0 Å². The maximum Gasteiger partial charge on any atom is 0.0804 e. The van der Waals surface area contributed by atoms with E-state index in [0.29, 0.717) is 5.92 Å². The monoisotopic (exact) mass is 274 g/mol.